The molecule has 5 nitrogen and oxygen atoms in total. The molecule has 1 amide bonds. The average Bonchev–Trinajstić information content (AvgIpc) is 3.17. The molecule has 2 N–H and O–H groups in total. The number of thiophene rings is 1. The van der Waals surface area contributed by atoms with Crippen LogP contribution in [0.5, 0.6) is 0 Å². The van der Waals surface area contributed by atoms with Gasteiger partial charge >= 0.3 is 0 Å². The van der Waals surface area contributed by atoms with Gasteiger partial charge in [-0.25, -0.2) is 0 Å². The van der Waals surface area contributed by atoms with Gasteiger partial charge in [0.25, 0.3) is 5.91 Å². The smallest absolute Gasteiger partial charge is 0.269 e. The fourth-order valence-corrected chi connectivity index (χ4v) is 4.07. The number of piperidine rings is 1. The molecule has 0 saturated carbocycles. The summed E-state index contributed by atoms with van der Waals surface area (Å²) >= 11 is 1.80. The van der Waals surface area contributed by atoms with Crippen molar-refractivity contribution < 1.29 is 4.79 Å². The Labute approximate surface area is 128 Å². The van der Waals surface area contributed by atoms with Crippen LogP contribution in [0.4, 0.5) is 0 Å². The first-order chi connectivity index (χ1) is 10.3. The van der Waals surface area contributed by atoms with Gasteiger partial charge in [0.15, 0.2) is 0 Å². The summed E-state index contributed by atoms with van der Waals surface area (Å²) in [5.41, 5.74) is 0.520. The first-order valence-corrected chi connectivity index (χ1v) is 8.15. The van der Waals surface area contributed by atoms with E-state index in [2.05, 4.69) is 45.0 Å². The Morgan fingerprint density at radius 2 is 2.48 bits per heavy atom. The normalized spacial score (nSPS) is 23.1. The Morgan fingerprint density at radius 1 is 1.57 bits per heavy atom. The highest BCUT2D eigenvalue weighted by molar-refractivity contribution is 7.10. The Balaban J connectivity index is 1.66. The summed E-state index contributed by atoms with van der Waals surface area (Å²) < 4.78 is 0. The van der Waals surface area contributed by atoms with Crippen LogP contribution in [0.15, 0.2) is 29.8 Å². The first-order valence-electron chi connectivity index (χ1n) is 7.27. The zero-order valence-corrected chi connectivity index (χ0v) is 12.9. The van der Waals surface area contributed by atoms with E-state index >= 15 is 0 Å². The molecule has 2 unspecified atom stereocenters. The van der Waals surface area contributed by atoms with Crippen molar-refractivity contribution in [2.24, 2.45) is 5.92 Å². The fourth-order valence-electron chi connectivity index (χ4n) is 3.08. The predicted octanol–water partition coefficient (Wildman–Crippen LogP) is 2.28. The molecule has 0 aromatic carbocycles. The summed E-state index contributed by atoms with van der Waals surface area (Å²) in [6.07, 6.45) is 3.93. The molecule has 112 valence electrons. The van der Waals surface area contributed by atoms with Gasteiger partial charge in [0, 0.05) is 23.7 Å². The minimum Gasteiger partial charge on any atom is -0.350 e. The van der Waals surface area contributed by atoms with Gasteiger partial charge in [-0.3, -0.25) is 14.8 Å². The van der Waals surface area contributed by atoms with Crippen molar-refractivity contribution in [3.8, 4) is 0 Å². The minimum absolute atomic E-state index is 0.0781. The summed E-state index contributed by atoms with van der Waals surface area (Å²) in [6, 6.07) is 6.39. The average molecular weight is 304 g/mol. The Hall–Kier alpha value is -1.66. The lowest BCUT2D eigenvalue weighted by Gasteiger charge is -2.38. The fraction of sp³-hybridized carbons (Fsp3) is 0.467. The number of hydrogen-bond donors (Lipinski definition) is 2. The summed E-state index contributed by atoms with van der Waals surface area (Å²) in [7, 11) is 2.17. The molecule has 0 bridgehead atoms. The van der Waals surface area contributed by atoms with Crippen molar-refractivity contribution >= 4 is 17.2 Å². The van der Waals surface area contributed by atoms with Gasteiger partial charge in [-0.05, 0) is 49.9 Å². The second kappa shape index (κ2) is 6.41. The zero-order valence-electron chi connectivity index (χ0n) is 12.1. The van der Waals surface area contributed by atoms with Crippen molar-refractivity contribution in [1.29, 1.82) is 0 Å². The highest BCUT2D eigenvalue weighted by atomic mass is 32.1. The van der Waals surface area contributed by atoms with E-state index < -0.39 is 0 Å². The van der Waals surface area contributed by atoms with E-state index in [0.717, 1.165) is 13.0 Å². The Morgan fingerprint density at radius 3 is 3.19 bits per heavy atom. The third-order valence-electron chi connectivity index (χ3n) is 4.11. The summed E-state index contributed by atoms with van der Waals surface area (Å²) in [5, 5.41) is 11.7. The molecule has 1 fully saturated rings. The van der Waals surface area contributed by atoms with E-state index in [1.807, 2.05) is 0 Å². The molecule has 0 spiro atoms. The highest BCUT2D eigenvalue weighted by Gasteiger charge is 2.31. The van der Waals surface area contributed by atoms with Gasteiger partial charge in [0.1, 0.15) is 5.69 Å². The molecular weight excluding hydrogens is 284 g/mol. The maximum absolute atomic E-state index is 12.0. The van der Waals surface area contributed by atoms with E-state index in [1.54, 1.807) is 23.6 Å². The minimum atomic E-state index is -0.0781. The monoisotopic (exact) mass is 304 g/mol. The number of carbonyl (C=O) groups is 1. The van der Waals surface area contributed by atoms with Gasteiger partial charge in [-0.1, -0.05) is 6.07 Å². The lowest BCUT2D eigenvalue weighted by atomic mass is 9.88. The van der Waals surface area contributed by atoms with Crippen LogP contribution in [0.25, 0.3) is 0 Å². The van der Waals surface area contributed by atoms with Crippen LogP contribution in [0, 0.1) is 5.92 Å². The maximum Gasteiger partial charge on any atom is 0.269 e. The van der Waals surface area contributed by atoms with Crippen LogP contribution in [-0.4, -0.2) is 41.1 Å². The first kappa shape index (κ1) is 14.3. The number of likely N-dealkylation sites (tertiary alicyclic amines) is 1. The molecule has 0 aliphatic carbocycles. The van der Waals surface area contributed by atoms with Crippen molar-refractivity contribution in [2.75, 3.05) is 20.1 Å². The summed E-state index contributed by atoms with van der Waals surface area (Å²) in [4.78, 5) is 15.8. The SMILES string of the molecule is CN1CCCC(CNC(=O)c2ccn[nH]2)C1c1cccs1. The molecule has 6 heteroatoms. The van der Waals surface area contributed by atoms with Gasteiger partial charge in [0.05, 0.1) is 0 Å². The van der Waals surface area contributed by atoms with Crippen molar-refractivity contribution in [3.05, 3.63) is 40.3 Å². The molecule has 3 heterocycles. The summed E-state index contributed by atoms with van der Waals surface area (Å²) in [6.45, 7) is 1.82. The van der Waals surface area contributed by atoms with Gasteiger partial charge in [-0.15, -0.1) is 11.3 Å². The number of rotatable bonds is 4. The standard InChI is InChI=1S/C15H20N4OS/c1-19-8-2-4-11(14(19)13-5-3-9-21-13)10-16-15(20)12-6-7-17-18-12/h3,5-7,9,11,14H,2,4,8,10H2,1H3,(H,16,20)(H,17,18). The second-order valence-electron chi connectivity index (χ2n) is 5.52. The van der Waals surface area contributed by atoms with Crippen LogP contribution in [0.3, 0.4) is 0 Å². The Kier molecular flexibility index (Phi) is 4.36. The molecule has 2 atom stereocenters. The Bertz CT molecular complexity index is 567. The molecule has 1 aliphatic rings. The topological polar surface area (TPSA) is 61.0 Å². The molecule has 2 aromatic rings. The number of aromatic nitrogens is 2. The third-order valence-corrected chi connectivity index (χ3v) is 5.05. The largest absolute Gasteiger partial charge is 0.350 e. The number of nitrogens with zero attached hydrogens (tertiary/aromatic N) is 2. The number of aromatic amines is 1. The predicted molar refractivity (Wildman–Crippen MR) is 83.3 cm³/mol. The lowest BCUT2D eigenvalue weighted by molar-refractivity contribution is 0.0891. The van der Waals surface area contributed by atoms with Crippen molar-refractivity contribution in [3.63, 3.8) is 0 Å². The van der Waals surface area contributed by atoms with E-state index in [4.69, 9.17) is 0 Å². The zero-order chi connectivity index (χ0) is 14.7. The number of hydrogen-bond acceptors (Lipinski definition) is 4. The van der Waals surface area contributed by atoms with Crippen LogP contribution < -0.4 is 5.32 Å². The molecule has 0 radical (unpaired) electrons. The molecule has 3 rings (SSSR count). The van der Waals surface area contributed by atoms with E-state index in [-0.39, 0.29) is 5.91 Å². The number of nitrogens with one attached hydrogen (secondary N) is 2. The van der Waals surface area contributed by atoms with E-state index in [1.165, 1.54) is 11.3 Å². The third kappa shape index (κ3) is 3.16. The number of amides is 1. The summed E-state index contributed by atoms with van der Waals surface area (Å²) in [5.74, 6) is 0.375. The molecular formula is C15H20N4OS. The van der Waals surface area contributed by atoms with Crippen LogP contribution in [-0.2, 0) is 0 Å². The number of carbonyl (C=O) groups excluding carboxylic acids is 1. The van der Waals surface area contributed by atoms with E-state index in [0.29, 0.717) is 24.2 Å². The molecule has 21 heavy (non-hydrogen) atoms. The lowest BCUT2D eigenvalue weighted by Crippen LogP contribution is -2.41. The number of H-pyrrole nitrogens is 1. The van der Waals surface area contributed by atoms with Gasteiger partial charge in [-0.2, -0.15) is 5.10 Å². The van der Waals surface area contributed by atoms with Crippen molar-refractivity contribution in [2.45, 2.75) is 18.9 Å². The van der Waals surface area contributed by atoms with Crippen LogP contribution >= 0.6 is 11.3 Å². The van der Waals surface area contributed by atoms with Gasteiger partial charge < -0.3 is 5.32 Å². The van der Waals surface area contributed by atoms with Crippen molar-refractivity contribution in [1.82, 2.24) is 20.4 Å². The molecule has 1 aliphatic heterocycles. The van der Waals surface area contributed by atoms with Crippen LogP contribution in [0.1, 0.15) is 34.2 Å². The van der Waals surface area contributed by atoms with Crippen LogP contribution in [0.2, 0.25) is 0 Å². The van der Waals surface area contributed by atoms with E-state index in [9.17, 15) is 4.79 Å². The highest BCUT2D eigenvalue weighted by Crippen LogP contribution is 2.36. The quantitative estimate of drug-likeness (QED) is 0.911. The molecule has 1 saturated heterocycles. The second-order valence-corrected chi connectivity index (χ2v) is 6.50. The van der Waals surface area contributed by atoms with Gasteiger partial charge in [0.2, 0.25) is 0 Å². The maximum atomic E-state index is 12.0. The molecule has 2 aromatic heterocycles.